The second kappa shape index (κ2) is 8.09. The lowest BCUT2D eigenvalue weighted by molar-refractivity contribution is -0.116. The van der Waals surface area contributed by atoms with Gasteiger partial charge < -0.3 is 14.8 Å². The van der Waals surface area contributed by atoms with Gasteiger partial charge in [0.2, 0.25) is 15.9 Å². The number of nitrogens with zero attached hydrogens (tertiary/aromatic N) is 1. The number of amides is 1. The quantitative estimate of drug-likeness (QED) is 0.800. The third kappa shape index (κ3) is 4.45. The average molecular weight is 378 g/mol. The predicted molar refractivity (Wildman–Crippen MR) is 101 cm³/mol. The fourth-order valence-corrected chi connectivity index (χ4v) is 3.72. The number of rotatable bonds is 7. The molecule has 0 heterocycles. The van der Waals surface area contributed by atoms with Gasteiger partial charge in [0.25, 0.3) is 0 Å². The first-order valence-electron chi connectivity index (χ1n) is 7.85. The minimum Gasteiger partial charge on any atom is -0.493 e. The molecule has 0 fully saturated rings. The lowest BCUT2D eigenvalue weighted by Crippen LogP contribution is -2.45. The van der Waals surface area contributed by atoms with Crippen molar-refractivity contribution in [3.63, 3.8) is 0 Å². The van der Waals surface area contributed by atoms with Crippen LogP contribution in [0.4, 0.5) is 11.4 Å². The Morgan fingerprint density at radius 3 is 2.19 bits per heavy atom. The van der Waals surface area contributed by atoms with E-state index < -0.39 is 22.0 Å². The number of nitrogens with one attached hydrogen (secondary N) is 1. The lowest BCUT2D eigenvalue weighted by Gasteiger charge is -2.28. The molecule has 0 bridgehead atoms. The van der Waals surface area contributed by atoms with Crippen LogP contribution in [0.3, 0.4) is 0 Å². The fraction of sp³-hybridized carbons (Fsp3) is 0.278. The normalized spacial score (nSPS) is 12.2. The van der Waals surface area contributed by atoms with Crippen molar-refractivity contribution in [1.82, 2.24) is 0 Å². The zero-order valence-electron chi connectivity index (χ0n) is 15.1. The number of hydrogen-bond acceptors (Lipinski definition) is 5. The van der Waals surface area contributed by atoms with Gasteiger partial charge in [-0.25, -0.2) is 8.42 Å². The maximum Gasteiger partial charge on any atom is 0.247 e. The molecule has 2 aromatic rings. The Morgan fingerprint density at radius 1 is 1.04 bits per heavy atom. The third-order valence-electron chi connectivity index (χ3n) is 3.75. The Bertz CT molecular complexity index is 868. The highest BCUT2D eigenvalue weighted by Crippen LogP contribution is 2.30. The van der Waals surface area contributed by atoms with Gasteiger partial charge >= 0.3 is 0 Å². The van der Waals surface area contributed by atoms with E-state index in [2.05, 4.69) is 5.32 Å². The highest BCUT2D eigenvalue weighted by Gasteiger charge is 2.29. The molecule has 2 aromatic carbocycles. The first kappa shape index (κ1) is 19.6. The van der Waals surface area contributed by atoms with Crippen molar-refractivity contribution in [2.24, 2.45) is 0 Å². The lowest BCUT2D eigenvalue weighted by atomic mass is 10.2. The smallest absolute Gasteiger partial charge is 0.247 e. The van der Waals surface area contributed by atoms with Crippen molar-refractivity contribution in [3.05, 3.63) is 48.5 Å². The maximum absolute atomic E-state index is 12.6. The molecule has 0 radical (unpaired) electrons. The van der Waals surface area contributed by atoms with Crippen LogP contribution in [0.2, 0.25) is 0 Å². The van der Waals surface area contributed by atoms with Crippen LogP contribution >= 0.6 is 0 Å². The molecule has 0 aromatic heterocycles. The van der Waals surface area contributed by atoms with Crippen molar-refractivity contribution in [1.29, 1.82) is 0 Å². The number of sulfonamides is 1. The van der Waals surface area contributed by atoms with E-state index in [0.717, 1.165) is 10.6 Å². The maximum atomic E-state index is 12.6. The van der Waals surface area contributed by atoms with Gasteiger partial charge in [-0.2, -0.15) is 0 Å². The topological polar surface area (TPSA) is 84.9 Å². The molecule has 0 unspecified atom stereocenters. The molecular weight excluding hydrogens is 356 g/mol. The minimum atomic E-state index is -3.65. The van der Waals surface area contributed by atoms with Gasteiger partial charge in [0.05, 0.1) is 26.2 Å². The van der Waals surface area contributed by atoms with E-state index in [1.807, 2.05) is 0 Å². The van der Waals surface area contributed by atoms with E-state index in [-0.39, 0.29) is 0 Å². The van der Waals surface area contributed by atoms with Crippen LogP contribution in [0.5, 0.6) is 11.5 Å². The molecular formula is C18H22N2O5S. The highest BCUT2D eigenvalue weighted by atomic mass is 32.2. The largest absolute Gasteiger partial charge is 0.493 e. The fourth-order valence-electron chi connectivity index (χ4n) is 2.54. The molecule has 140 valence electrons. The van der Waals surface area contributed by atoms with Crippen molar-refractivity contribution in [2.75, 3.05) is 30.1 Å². The number of benzene rings is 2. The first-order chi connectivity index (χ1) is 12.3. The number of anilines is 2. The van der Waals surface area contributed by atoms with Gasteiger partial charge in [0, 0.05) is 11.8 Å². The monoisotopic (exact) mass is 378 g/mol. The zero-order valence-corrected chi connectivity index (χ0v) is 15.9. The summed E-state index contributed by atoms with van der Waals surface area (Å²) in [5, 5.41) is 2.71. The Morgan fingerprint density at radius 2 is 1.65 bits per heavy atom. The summed E-state index contributed by atoms with van der Waals surface area (Å²) in [6.07, 6.45) is 1.07. The number of methoxy groups -OCH3 is 2. The van der Waals surface area contributed by atoms with E-state index >= 15 is 0 Å². The van der Waals surface area contributed by atoms with Crippen LogP contribution in [0.25, 0.3) is 0 Å². The van der Waals surface area contributed by atoms with Crippen LogP contribution in [0, 0.1) is 0 Å². The second-order valence-corrected chi connectivity index (χ2v) is 7.49. The second-order valence-electron chi connectivity index (χ2n) is 5.63. The third-order valence-corrected chi connectivity index (χ3v) is 4.99. The Kier molecular flexibility index (Phi) is 6.10. The molecule has 0 spiro atoms. The number of hydrogen-bond donors (Lipinski definition) is 1. The molecule has 0 saturated heterocycles. The molecule has 0 aliphatic carbocycles. The van der Waals surface area contributed by atoms with Crippen molar-refractivity contribution in [3.8, 4) is 11.5 Å². The van der Waals surface area contributed by atoms with Gasteiger partial charge in [-0.05, 0) is 31.2 Å². The minimum absolute atomic E-state index is 0.421. The Labute approximate surface area is 153 Å². The van der Waals surface area contributed by atoms with Crippen LogP contribution < -0.4 is 19.1 Å². The van der Waals surface area contributed by atoms with Crippen LogP contribution in [0.15, 0.2) is 48.5 Å². The van der Waals surface area contributed by atoms with Gasteiger partial charge in [-0.3, -0.25) is 9.10 Å². The van der Waals surface area contributed by atoms with E-state index in [9.17, 15) is 13.2 Å². The number of para-hydroxylation sites is 1. The standard InChI is InChI=1S/C18H22N2O5S/c1-13(20(26(4,22)23)15-8-6-5-7-9-15)18(21)19-14-10-11-16(24-2)17(12-14)25-3/h5-13H,1-4H3,(H,19,21)/t13-/m0/s1. The molecule has 0 aliphatic rings. The Balaban J connectivity index is 2.27. The molecule has 7 nitrogen and oxygen atoms in total. The number of ether oxygens (including phenoxy) is 2. The van der Waals surface area contributed by atoms with Gasteiger partial charge in [0.15, 0.2) is 11.5 Å². The van der Waals surface area contributed by atoms with Crippen molar-refractivity contribution >= 4 is 27.3 Å². The molecule has 1 N–H and O–H groups in total. The summed E-state index contributed by atoms with van der Waals surface area (Å²) < 4.78 is 35.9. The summed E-state index contributed by atoms with van der Waals surface area (Å²) in [4.78, 5) is 12.6. The summed E-state index contributed by atoms with van der Waals surface area (Å²) in [7, 11) is -0.641. The Hall–Kier alpha value is -2.74. The summed E-state index contributed by atoms with van der Waals surface area (Å²) >= 11 is 0. The zero-order chi connectivity index (χ0) is 19.3. The number of carbonyl (C=O) groups excluding carboxylic acids is 1. The van der Waals surface area contributed by atoms with Crippen LogP contribution in [0.1, 0.15) is 6.92 Å². The average Bonchev–Trinajstić information content (AvgIpc) is 2.61. The van der Waals surface area contributed by atoms with Crippen molar-refractivity contribution in [2.45, 2.75) is 13.0 Å². The molecule has 2 rings (SSSR count). The molecule has 1 atom stereocenters. The van der Waals surface area contributed by atoms with Gasteiger partial charge in [-0.1, -0.05) is 18.2 Å². The summed E-state index contributed by atoms with van der Waals surface area (Å²) in [6.45, 7) is 1.53. The summed E-state index contributed by atoms with van der Waals surface area (Å²) in [5.41, 5.74) is 0.894. The number of carbonyl (C=O) groups is 1. The van der Waals surface area contributed by atoms with E-state index in [0.29, 0.717) is 22.9 Å². The summed E-state index contributed by atoms with van der Waals surface area (Å²) in [5.74, 6) is 0.521. The van der Waals surface area contributed by atoms with E-state index in [1.54, 1.807) is 48.5 Å². The van der Waals surface area contributed by atoms with E-state index in [1.165, 1.54) is 21.1 Å². The van der Waals surface area contributed by atoms with Crippen LogP contribution in [-0.4, -0.2) is 40.8 Å². The first-order valence-corrected chi connectivity index (χ1v) is 9.70. The molecule has 1 amide bonds. The van der Waals surface area contributed by atoms with Gasteiger partial charge in [0.1, 0.15) is 6.04 Å². The van der Waals surface area contributed by atoms with Gasteiger partial charge in [-0.15, -0.1) is 0 Å². The van der Waals surface area contributed by atoms with E-state index in [4.69, 9.17) is 9.47 Å². The molecule has 0 saturated carbocycles. The van der Waals surface area contributed by atoms with Crippen molar-refractivity contribution < 1.29 is 22.7 Å². The molecule has 0 aliphatic heterocycles. The SMILES string of the molecule is COc1ccc(NC(=O)[C@H](C)N(c2ccccc2)S(C)(=O)=O)cc1OC. The summed E-state index contributed by atoms with van der Waals surface area (Å²) in [6, 6.07) is 12.5. The molecule has 8 heteroatoms. The van der Waals surface area contributed by atoms with Crippen LogP contribution in [-0.2, 0) is 14.8 Å². The highest BCUT2D eigenvalue weighted by molar-refractivity contribution is 7.92. The predicted octanol–water partition coefficient (Wildman–Crippen LogP) is 2.50. The molecule has 26 heavy (non-hydrogen) atoms.